The van der Waals surface area contributed by atoms with Crippen LogP contribution in [0, 0.1) is 0 Å². The number of carbonyl (C=O) groups excluding carboxylic acids is 1. The zero-order valence-corrected chi connectivity index (χ0v) is 8.79. The van der Waals surface area contributed by atoms with E-state index in [0.717, 1.165) is 12.8 Å². The number of esters is 1. The number of hydrogen-bond donors (Lipinski definition) is 3. The Morgan fingerprint density at radius 3 is 2.86 bits per heavy atom. The van der Waals surface area contributed by atoms with E-state index >= 15 is 0 Å². The number of nitrogens with two attached hydrogens (primary N) is 2. The largest absolute Gasteiger partial charge is 0.464 e. The van der Waals surface area contributed by atoms with Crippen molar-refractivity contribution in [2.24, 2.45) is 11.5 Å². The van der Waals surface area contributed by atoms with Crippen LogP contribution in [0.2, 0.25) is 0 Å². The molecule has 0 aromatic heterocycles. The molecule has 0 aliphatic carbocycles. The molecule has 0 saturated carbocycles. The van der Waals surface area contributed by atoms with Gasteiger partial charge in [-0.15, -0.1) is 0 Å². The molecule has 1 atom stereocenters. The number of ether oxygens (including phenoxy) is 1. The monoisotopic (exact) mass is 203 g/mol. The summed E-state index contributed by atoms with van der Waals surface area (Å²) >= 11 is 0. The molecule has 14 heavy (non-hydrogen) atoms. The van der Waals surface area contributed by atoms with Gasteiger partial charge in [-0.3, -0.25) is 4.79 Å². The lowest BCUT2D eigenvalue weighted by molar-refractivity contribution is -0.145. The first-order valence-electron chi connectivity index (χ1n) is 5.05. The number of carbonyl (C=O) groups is 1. The van der Waals surface area contributed by atoms with Gasteiger partial charge >= 0.3 is 5.97 Å². The average molecular weight is 203 g/mol. The molecule has 84 valence electrons. The average Bonchev–Trinajstić information content (AvgIpc) is 2.18. The molecule has 5 heteroatoms. The van der Waals surface area contributed by atoms with Crippen LogP contribution in [-0.4, -0.2) is 38.3 Å². The summed E-state index contributed by atoms with van der Waals surface area (Å²) in [6.07, 6.45) is 1.89. The Morgan fingerprint density at radius 1 is 1.57 bits per heavy atom. The number of unbranched alkanes of at least 4 members (excludes halogenated alkanes) is 1. The molecule has 0 unspecified atom stereocenters. The van der Waals surface area contributed by atoms with E-state index in [0.29, 0.717) is 26.2 Å². The Morgan fingerprint density at radius 2 is 2.29 bits per heavy atom. The minimum Gasteiger partial charge on any atom is -0.464 e. The third-order valence-corrected chi connectivity index (χ3v) is 1.73. The maximum atomic E-state index is 11.2. The van der Waals surface area contributed by atoms with Crippen LogP contribution in [0.3, 0.4) is 0 Å². The molecule has 0 aromatic rings. The van der Waals surface area contributed by atoms with Crippen molar-refractivity contribution in [1.29, 1.82) is 0 Å². The third-order valence-electron chi connectivity index (χ3n) is 1.73. The van der Waals surface area contributed by atoms with Gasteiger partial charge in [-0.25, -0.2) is 0 Å². The summed E-state index contributed by atoms with van der Waals surface area (Å²) in [5.74, 6) is -0.344. The lowest BCUT2D eigenvalue weighted by Gasteiger charge is -2.11. The maximum Gasteiger partial charge on any atom is 0.324 e. The molecule has 0 aliphatic rings. The van der Waals surface area contributed by atoms with Gasteiger partial charge < -0.3 is 21.5 Å². The SMILES string of the molecule is CCCCOC(=O)[C@H](N)CNCCN. The first-order valence-corrected chi connectivity index (χ1v) is 5.05. The lowest BCUT2D eigenvalue weighted by atomic mass is 10.3. The molecule has 0 heterocycles. The van der Waals surface area contributed by atoms with Crippen LogP contribution < -0.4 is 16.8 Å². The molecule has 0 radical (unpaired) electrons. The van der Waals surface area contributed by atoms with Gasteiger partial charge in [0.15, 0.2) is 0 Å². The van der Waals surface area contributed by atoms with Gasteiger partial charge in [0.25, 0.3) is 0 Å². The van der Waals surface area contributed by atoms with Gasteiger partial charge in [0.05, 0.1) is 6.61 Å². The van der Waals surface area contributed by atoms with Crippen LogP contribution in [0.25, 0.3) is 0 Å². The highest BCUT2D eigenvalue weighted by Crippen LogP contribution is 1.90. The minimum absolute atomic E-state index is 0.344. The van der Waals surface area contributed by atoms with E-state index in [1.165, 1.54) is 0 Å². The first-order chi connectivity index (χ1) is 6.72. The Labute approximate surface area is 85.2 Å². The van der Waals surface area contributed by atoms with E-state index < -0.39 is 6.04 Å². The Bertz CT molecular complexity index is 153. The number of nitrogens with one attached hydrogen (secondary N) is 1. The van der Waals surface area contributed by atoms with E-state index in [9.17, 15) is 4.79 Å². The highest BCUT2D eigenvalue weighted by molar-refractivity contribution is 5.75. The Kier molecular flexibility index (Phi) is 8.51. The predicted molar refractivity (Wildman–Crippen MR) is 55.8 cm³/mol. The lowest BCUT2D eigenvalue weighted by Crippen LogP contribution is -2.42. The van der Waals surface area contributed by atoms with E-state index in [1.54, 1.807) is 0 Å². The summed E-state index contributed by atoms with van der Waals surface area (Å²) in [5, 5.41) is 2.96. The second-order valence-electron chi connectivity index (χ2n) is 3.12. The van der Waals surface area contributed by atoms with Crippen molar-refractivity contribution < 1.29 is 9.53 Å². The zero-order chi connectivity index (χ0) is 10.8. The molecule has 0 fully saturated rings. The molecule has 5 nitrogen and oxygen atoms in total. The third kappa shape index (κ3) is 6.82. The van der Waals surface area contributed by atoms with Crippen molar-refractivity contribution in [3.8, 4) is 0 Å². The second-order valence-corrected chi connectivity index (χ2v) is 3.12. The van der Waals surface area contributed by atoms with Crippen LogP contribution in [0.1, 0.15) is 19.8 Å². The summed E-state index contributed by atoms with van der Waals surface area (Å²) in [4.78, 5) is 11.2. The molecular weight excluding hydrogens is 182 g/mol. The van der Waals surface area contributed by atoms with Gasteiger partial charge in [0.2, 0.25) is 0 Å². The quantitative estimate of drug-likeness (QED) is 0.355. The minimum atomic E-state index is -0.585. The van der Waals surface area contributed by atoms with Crippen LogP contribution in [0.4, 0.5) is 0 Å². The Hall–Kier alpha value is -0.650. The van der Waals surface area contributed by atoms with Crippen LogP contribution >= 0.6 is 0 Å². The van der Waals surface area contributed by atoms with E-state index in [1.807, 2.05) is 6.92 Å². The normalized spacial score (nSPS) is 12.5. The fourth-order valence-electron chi connectivity index (χ4n) is 0.867. The van der Waals surface area contributed by atoms with Crippen molar-refractivity contribution >= 4 is 5.97 Å². The summed E-state index contributed by atoms with van der Waals surface area (Å²) in [5.41, 5.74) is 10.8. The molecule has 0 saturated heterocycles. The fourth-order valence-corrected chi connectivity index (χ4v) is 0.867. The zero-order valence-electron chi connectivity index (χ0n) is 8.79. The van der Waals surface area contributed by atoms with Gasteiger partial charge in [-0.2, -0.15) is 0 Å². The fraction of sp³-hybridized carbons (Fsp3) is 0.889. The van der Waals surface area contributed by atoms with E-state index in [2.05, 4.69) is 5.32 Å². The van der Waals surface area contributed by atoms with Crippen LogP contribution in [0.15, 0.2) is 0 Å². The summed E-state index contributed by atoms with van der Waals surface area (Å²) in [6.45, 7) is 4.12. The summed E-state index contributed by atoms with van der Waals surface area (Å²) < 4.78 is 4.94. The van der Waals surface area contributed by atoms with Crippen molar-refractivity contribution in [2.45, 2.75) is 25.8 Å². The maximum absolute atomic E-state index is 11.2. The molecule has 0 bridgehead atoms. The Balaban J connectivity index is 3.44. The standard InChI is InChI=1S/C9H21N3O2/c1-2-3-6-14-9(13)8(11)7-12-5-4-10/h8,12H,2-7,10-11H2,1H3/t8-/m1/s1. The second kappa shape index (κ2) is 8.93. The van der Waals surface area contributed by atoms with Crippen molar-refractivity contribution in [3.05, 3.63) is 0 Å². The van der Waals surface area contributed by atoms with Crippen molar-refractivity contribution in [3.63, 3.8) is 0 Å². The van der Waals surface area contributed by atoms with Crippen LogP contribution in [0.5, 0.6) is 0 Å². The van der Waals surface area contributed by atoms with E-state index in [4.69, 9.17) is 16.2 Å². The van der Waals surface area contributed by atoms with Crippen molar-refractivity contribution in [2.75, 3.05) is 26.2 Å². The van der Waals surface area contributed by atoms with Gasteiger partial charge in [-0.05, 0) is 6.42 Å². The summed E-state index contributed by atoms with van der Waals surface area (Å²) in [6, 6.07) is -0.585. The molecule has 0 aromatic carbocycles. The number of hydrogen-bond acceptors (Lipinski definition) is 5. The first kappa shape index (κ1) is 13.4. The topological polar surface area (TPSA) is 90.4 Å². The van der Waals surface area contributed by atoms with Gasteiger partial charge in [-0.1, -0.05) is 13.3 Å². The molecule has 0 amide bonds. The summed E-state index contributed by atoms with van der Waals surface area (Å²) in [7, 11) is 0. The van der Waals surface area contributed by atoms with Crippen molar-refractivity contribution in [1.82, 2.24) is 5.32 Å². The highest BCUT2D eigenvalue weighted by Gasteiger charge is 2.13. The van der Waals surface area contributed by atoms with E-state index in [-0.39, 0.29) is 5.97 Å². The molecule has 0 rings (SSSR count). The smallest absolute Gasteiger partial charge is 0.324 e. The molecule has 0 spiro atoms. The number of rotatable bonds is 8. The van der Waals surface area contributed by atoms with Crippen LogP contribution in [-0.2, 0) is 9.53 Å². The molecule has 5 N–H and O–H groups in total. The van der Waals surface area contributed by atoms with Gasteiger partial charge in [0, 0.05) is 19.6 Å². The molecule has 0 aliphatic heterocycles. The highest BCUT2D eigenvalue weighted by atomic mass is 16.5. The van der Waals surface area contributed by atoms with Gasteiger partial charge in [0.1, 0.15) is 6.04 Å². The predicted octanol–water partition coefficient (Wildman–Crippen LogP) is -0.795. The molecular formula is C9H21N3O2.